The first kappa shape index (κ1) is 25.3. The number of nitrogens with zero attached hydrogens (tertiary/aromatic N) is 6. The Morgan fingerprint density at radius 1 is 1.14 bits per heavy atom. The van der Waals surface area contributed by atoms with E-state index in [0.717, 1.165) is 73.4 Å². The molecule has 0 bridgehead atoms. The summed E-state index contributed by atoms with van der Waals surface area (Å²) in [6.45, 7) is 3.44. The molecule has 11 heteroatoms. The first-order valence-corrected chi connectivity index (χ1v) is 14.6. The Kier molecular flexibility index (Phi) is 6.51. The number of amides is 1. The topological polar surface area (TPSA) is 103 Å². The summed E-state index contributed by atoms with van der Waals surface area (Å²) in [4.78, 5) is 25.0. The number of likely N-dealkylation sites (tertiary alicyclic amines) is 1. The number of fused-ring (bicyclic) bond motifs is 2. The van der Waals surface area contributed by atoms with Crippen molar-refractivity contribution >= 4 is 38.9 Å². The maximum absolute atomic E-state index is 13.9. The molecule has 2 aliphatic heterocycles. The van der Waals surface area contributed by atoms with Crippen molar-refractivity contribution in [3.05, 3.63) is 46.6 Å². The van der Waals surface area contributed by atoms with Gasteiger partial charge in [-0.15, -0.1) is 0 Å². The molecule has 1 aromatic carbocycles. The largest absolute Gasteiger partial charge is 0.362 e. The van der Waals surface area contributed by atoms with E-state index in [4.69, 9.17) is 10.1 Å². The molecule has 4 heterocycles. The first-order valence-electron chi connectivity index (χ1n) is 12.7. The molecule has 1 atom stereocenters. The highest BCUT2D eigenvalue weighted by Gasteiger charge is 2.33. The van der Waals surface area contributed by atoms with Crippen molar-refractivity contribution in [1.82, 2.24) is 19.5 Å². The highest BCUT2D eigenvalue weighted by atomic mass is 32.2. The number of aromatic nitrogens is 3. The van der Waals surface area contributed by atoms with Crippen molar-refractivity contribution < 1.29 is 13.2 Å². The van der Waals surface area contributed by atoms with Gasteiger partial charge >= 0.3 is 0 Å². The molecule has 5 rings (SSSR count). The van der Waals surface area contributed by atoms with Gasteiger partial charge in [0.15, 0.2) is 5.65 Å². The van der Waals surface area contributed by atoms with Crippen LogP contribution in [0.4, 0.5) is 17.3 Å². The Morgan fingerprint density at radius 2 is 1.92 bits per heavy atom. The van der Waals surface area contributed by atoms with Crippen molar-refractivity contribution in [2.24, 2.45) is 0 Å². The molecule has 2 aliphatic rings. The van der Waals surface area contributed by atoms with Crippen LogP contribution in [0.25, 0.3) is 5.65 Å². The number of sulfonamides is 1. The SMILES string of the molecule is Cc1ccc(NS(C)(=O)=O)c(C(=O)N2CCCCC2c2cc3nc4c(c(N(C)C)n3n2)CCCN4C)c1. The molecule has 3 aromatic rings. The molecule has 1 saturated heterocycles. The zero-order chi connectivity index (χ0) is 26.5. The quantitative estimate of drug-likeness (QED) is 0.546. The summed E-state index contributed by atoms with van der Waals surface area (Å²) >= 11 is 0. The third kappa shape index (κ3) is 4.84. The van der Waals surface area contributed by atoms with Crippen LogP contribution < -0.4 is 14.5 Å². The summed E-state index contributed by atoms with van der Waals surface area (Å²) in [5, 5.41) is 5.01. The van der Waals surface area contributed by atoms with E-state index < -0.39 is 10.0 Å². The maximum Gasteiger partial charge on any atom is 0.256 e. The van der Waals surface area contributed by atoms with E-state index in [1.54, 1.807) is 18.2 Å². The van der Waals surface area contributed by atoms with Gasteiger partial charge in [0.1, 0.15) is 11.6 Å². The second-order valence-corrected chi connectivity index (χ2v) is 12.2. The van der Waals surface area contributed by atoms with Crippen LogP contribution >= 0.6 is 0 Å². The second-order valence-electron chi connectivity index (χ2n) is 10.4. The predicted octanol–water partition coefficient (Wildman–Crippen LogP) is 3.23. The molecule has 198 valence electrons. The average molecular weight is 526 g/mol. The molecule has 0 spiro atoms. The van der Waals surface area contributed by atoms with Crippen molar-refractivity contribution in [1.29, 1.82) is 0 Å². The number of hydrogen-bond acceptors (Lipinski definition) is 7. The van der Waals surface area contributed by atoms with Crippen LogP contribution in [0.1, 0.15) is 58.9 Å². The minimum absolute atomic E-state index is 0.198. The van der Waals surface area contributed by atoms with Gasteiger partial charge in [-0.2, -0.15) is 9.61 Å². The number of benzene rings is 1. The Bertz CT molecular complexity index is 1460. The normalized spacial score (nSPS) is 18.1. The molecule has 1 unspecified atom stereocenters. The van der Waals surface area contributed by atoms with E-state index in [-0.39, 0.29) is 11.9 Å². The van der Waals surface area contributed by atoms with Gasteiger partial charge in [0, 0.05) is 45.9 Å². The van der Waals surface area contributed by atoms with Gasteiger partial charge in [-0.3, -0.25) is 9.52 Å². The van der Waals surface area contributed by atoms with Crippen molar-refractivity contribution in [3.8, 4) is 0 Å². The minimum atomic E-state index is -3.54. The number of carbonyl (C=O) groups excluding carboxylic acids is 1. The average Bonchev–Trinajstić information content (AvgIpc) is 3.26. The van der Waals surface area contributed by atoms with Crippen LogP contribution in [0.3, 0.4) is 0 Å². The summed E-state index contributed by atoms with van der Waals surface area (Å²) in [6, 6.07) is 6.98. The third-order valence-corrected chi connectivity index (χ3v) is 7.77. The zero-order valence-electron chi connectivity index (χ0n) is 22.2. The van der Waals surface area contributed by atoms with E-state index in [1.807, 2.05) is 36.5 Å². The Morgan fingerprint density at radius 3 is 2.65 bits per heavy atom. The lowest BCUT2D eigenvalue weighted by Crippen LogP contribution is -2.39. The smallest absolute Gasteiger partial charge is 0.256 e. The molecule has 10 nitrogen and oxygen atoms in total. The monoisotopic (exact) mass is 525 g/mol. The highest BCUT2D eigenvalue weighted by Crippen LogP contribution is 2.37. The van der Waals surface area contributed by atoms with Crippen molar-refractivity contribution in [2.75, 3.05) is 55.0 Å². The summed E-state index contributed by atoms with van der Waals surface area (Å²) in [5.41, 5.74) is 4.29. The van der Waals surface area contributed by atoms with Gasteiger partial charge in [-0.05, 0) is 51.2 Å². The summed E-state index contributed by atoms with van der Waals surface area (Å²) in [5.74, 6) is 1.81. The lowest BCUT2D eigenvalue weighted by molar-refractivity contribution is 0.0606. The lowest BCUT2D eigenvalue weighted by Gasteiger charge is -2.35. The molecule has 0 radical (unpaired) electrons. The molecule has 1 N–H and O–H groups in total. The van der Waals surface area contributed by atoms with E-state index in [2.05, 4.69) is 21.6 Å². The van der Waals surface area contributed by atoms with Crippen LogP contribution in [0, 0.1) is 6.92 Å². The number of piperidine rings is 1. The van der Waals surface area contributed by atoms with Gasteiger partial charge in [-0.25, -0.2) is 13.4 Å². The van der Waals surface area contributed by atoms with Gasteiger partial charge in [-0.1, -0.05) is 11.6 Å². The predicted molar refractivity (Wildman–Crippen MR) is 146 cm³/mol. The number of hydrogen-bond donors (Lipinski definition) is 1. The second kappa shape index (κ2) is 9.51. The maximum atomic E-state index is 13.9. The molecular formula is C26H35N7O3S. The number of aryl methyl sites for hydroxylation is 1. The van der Waals surface area contributed by atoms with Gasteiger partial charge in [0.25, 0.3) is 5.91 Å². The zero-order valence-corrected chi connectivity index (χ0v) is 23.0. The summed E-state index contributed by atoms with van der Waals surface area (Å²) in [7, 11) is 2.58. The van der Waals surface area contributed by atoms with Crippen LogP contribution in [0.5, 0.6) is 0 Å². The van der Waals surface area contributed by atoms with Gasteiger partial charge < -0.3 is 14.7 Å². The molecular weight excluding hydrogens is 490 g/mol. The number of rotatable bonds is 5. The third-order valence-electron chi connectivity index (χ3n) is 7.18. The van der Waals surface area contributed by atoms with Crippen LogP contribution in [0.15, 0.2) is 24.3 Å². The number of nitrogens with one attached hydrogen (secondary N) is 1. The molecule has 1 amide bonds. The molecule has 37 heavy (non-hydrogen) atoms. The molecule has 2 aromatic heterocycles. The van der Waals surface area contributed by atoms with Crippen LogP contribution in [0.2, 0.25) is 0 Å². The van der Waals surface area contributed by atoms with Crippen LogP contribution in [-0.2, 0) is 16.4 Å². The number of carbonyl (C=O) groups is 1. The van der Waals surface area contributed by atoms with Crippen LogP contribution in [-0.4, -0.2) is 74.3 Å². The Labute approximate surface area is 218 Å². The number of anilines is 3. The Hall–Kier alpha value is -3.34. The van der Waals surface area contributed by atoms with Crippen molar-refractivity contribution in [3.63, 3.8) is 0 Å². The molecule has 1 fully saturated rings. The van der Waals surface area contributed by atoms with E-state index in [0.29, 0.717) is 17.8 Å². The lowest BCUT2D eigenvalue weighted by atomic mass is 9.97. The van der Waals surface area contributed by atoms with E-state index in [9.17, 15) is 13.2 Å². The fourth-order valence-electron chi connectivity index (χ4n) is 5.55. The van der Waals surface area contributed by atoms with Gasteiger partial charge in [0.2, 0.25) is 10.0 Å². The fourth-order valence-corrected chi connectivity index (χ4v) is 6.13. The molecule has 0 saturated carbocycles. The first-order chi connectivity index (χ1) is 17.5. The molecule has 0 aliphatic carbocycles. The van der Waals surface area contributed by atoms with E-state index >= 15 is 0 Å². The van der Waals surface area contributed by atoms with E-state index in [1.165, 1.54) is 5.56 Å². The summed E-state index contributed by atoms with van der Waals surface area (Å²) in [6.07, 6.45) is 5.76. The van der Waals surface area contributed by atoms with Gasteiger partial charge in [0.05, 0.1) is 29.2 Å². The summed E-state index contributed by atoms with van der Waals surface area (Å²) < 4.78 is 28.4. The highest BCUT2D eigenvalue weighted by molar-refractivity contribution is 7.92. The minimum Gasteiger partial charge on any atom is -0.362 e. The standard InChI is InChI=1S/C26H35N7O3S/c1-17-11-12-20(29-37(5,35)36)19(15-17)26(34)32-14-7-6-10-22(32)21-16-23-27-24-18(9-8-13-31(24)4)25(30(2)3)33(23)28-21/h11-12,15-16,22,29H,6-10,13-14H2,1-5H3. The van der Waals surface area contributed by atoms with Crippen molar-refractivity contribution in [2.45, 2.75) is 45.1 Å². The Balaban J connectivity index is 1.58. The fraction of sp³-hybridized carbons (Fsp3) is 0.500.